The highest BCUT2D eigenvalue weighted by molar-refractivity contribution is 5.47. The zero-order chi connectivity index (χ0) is 14.6. The molecule has 0 spiro atoms. The molecule has 0 aliphatic heterocycles. The quantitative estimate of drug-likeness (QED) is 0.898. The Morgan fingerprint density at radius 3 is 2.42 bits per heavy atom. The van der Waals surface area contributed by atoms with Gasteiger partial charge in [0, 0.05) is 25.7 Å². The Morgan fingerprint density at radius 1 is 1.32 bits per heavy atom. The van der Waals surface area contributed by atoms with E-state index in [0.29, 0.717) is 23.8 Å². The zero-order valence-corrected chi connectivity index (χ0v) is 11.5. The molecule has 0 amide bonds. The lowest BCUT2D eigenvalue weighted by atomic mass is 10.1. The number of rotatable bonds is 5. The van der Waals surface area contributed by atoms with Crippen molar-refractivity contribution in [2.45, 2.75) is 33.0 Å². The molecule has 6 heteroatoms. The minimum atomic E-state index is -4.43. The third-order valence-electron chi connectivity index (χ3n) is 2.87. The van der Waals surface area contributed by atoms with Gasteiger partial charge in [-0.3, -0.25) is 0 Å². The lowest BCUT2D eigenvalue weighted by Gasteiger charge is -2.23. The number of aromatic nitrogens is 1. The van der Waals surface area contributed by atoms with E-state index < -0.39 is 11.9 Å². The van der Waals surface area contributed by atoms with E-state index in [4.69, 9.17) is 5.73 Å². The van der Waals surface area contributed by atoms with Crippen molar-refractivity contribution in [3.63, 3.8) is 0 Å². The van der Waals surface area contributed by atoms with Crippen molar-refractivity contribution >= 4 is 5.82 Å². The molecule has 0 saturated heterocycles. The van der Waals surface area contributed by atoms with Crippen molar-refractivity contribution in [2.24, 2.45) is 11.7 Å². The Morgan fingerprint density at radius 2 is 1.95 bits per heavy atom. The third-order valence-corrected chi connectivity index (χ3v) is 2.87. The summed E-state index contributed by atoms with van der Waals surface area (Å²) in [4.78, 5) is 5.45. The lowest BCUT2D eigenvalue weighted by Crippen LogP contribution is -2.24. The fourth-order valence-corrected chi connectivity index (χ4v) is 1.68. The molecule has 0 radical (unpaired) electrons. The van der Waals surface area contributed by atoms with Gasteiger partial charge in [0.1, 0.15) is 11.5 Å². The van der Waals surface area contributed by atoms with Gasteiger partial charge in [0.2, 0.25) is 0 Å². The fraction of sp³-hybridized carbons (Fsp3) is 0.615. The van der Waals surface area contributed by atoms with Crippen LogP contribution >= 0.6 is 0 Å². The summed E-state index contributed by atoms with van der Waals surface area (Å²) in [6.45, 7) is 4.96. The molecule has 0 fully saturated rings. The third kappa shape index (κ3) is 4.38. The van der Waals surface area contributed by atoms with Crippen LogP contribution < -0.4 is 10.6 Å². The average molecular weight is 275 g/mol. The molecule has 0 aliphatic rings. The van der Waals surface area contributed by atoms with Gasteiger partial charge in [-0.05, 0) is 18.4 Å². The van der Waals surface area contributed by atoms with Crippen LogP contribution in [0.5, 0.6) is 0 Å². The van der Waals surface area contributed by atoms with E-state index in [1.165, 1.54) is 6.07 Å². The number of nitrogens with zero attached hydrogens (tertiary/aromatic N) is 2. The van der Waals surface area contributed by atoms with Gasteiger partial charge in [0.25, 0.3) is 0 Å². The molecular weight excluding hydrogens is 255 g/mol. The van der Waals surface area contributed by atoms with Gasteiger partial charge in [-0.15, -0.1) is 0 Å². The van der Waals surface area contributed by atoms with Crippen molar-refractivity contribution in [1.82, 2.24) is 4.98 Å². The molecule has 19 heavy (non-hydrogen) atoms. The maximum atomic E-state index is 12.7. The first-order valence-corrected chi connectivity index (χ1v) is 6.24. The minimum absolute atomic E-state index is 0.173. The molecule has 1 heterocycles. The predicted octanol–water partition coefficient (Wildman–Crippen LogP) is 3.04. The maximum Gasteiger partial charge on any atom is 0.433 e. The normalized spacial score (nSPS) is 12.0. The number of nitrogens with two attached hydrogens (primary N) is 1. The number of halogens is 3. The van der Waals surface area contributed by atoms with Gasteiger partial charge >= 0.3 is 6.18 Å². The number of hydrogen-bond acceptors (Lipinski definition) is 3. The molecule has 0 aromatic carbocycles. The van der Waals surface area contributed by atoms with Crippen LogP contribution in [0, 0.1) is 5.92 Å². The Balaban J connectivity index is 3.02. The van der Waals surface area contributed by atoms with Crippen molar-refractivity contribution in [3.05, 3.63) is 23.4 Å². The minimum Gasteiger partial charge on any atom is -0.359 e. The van der Waals surface area contributed by atoms with E-state index in [-0.39, 0.29) is 6.54 Å². The van der Waals surface area contributed by atoms with Gasteiger partial charge < -0.3 is 10.6 Å². The predicted molar refractivity (Wildman–Crippen MR) is 69.9 cm³/mol. The molecule has 1 aromatic heterocycles. The summed E-state index contributed by atoms with van der Waals surface area (Å²) in [7, 11) is 1.74. The SMILES string of the molecule is CC(C)CCN(C)c1nc(C(F)(F)F)ccc1CN. The Labute approximate surface area is 111 Å². The topological polar surface area (TPSA) is 42.2 Å². The first-order valence-electron chi connectivity index (χ1n) is 6.24. The van der Waals surface area contributed by atoms with E-state index in [1.807, 2.05) is 0 Å². The maximum absolute atomic E-state index is 12.7. The monoisotopic (exact) mass is 275 g/mol. The highest BCUT2D eigenvalue weighted by Gasteiger charge is 2.33. The van der Waals surface area contributed by atoms with Gasteiger partial charge in [-0.2, -0.15) is 13.2 Å². The van der Waals surface area contributed by atoms with Gasteiger partial charge in [0.05, 0.1) is 0 Å². The summed E-state index contributed by atoms with van der Waals surface area (Å²) in [6.07, 6.45) is -3.54. The summed E-state index contributed by atoms with van der Waals surface area (Å²) in [5.41, 5.74) is 5.30. The molecule has 2 N–H and O–H groups in total. The Bertz CT molecular complexity index is 416. The molecule has 3 nitrogen and oxygen atoms in total. The smallest absolute Gasteiger partial charge is 0.359 e. The van der Waals surface area contributed by atoms with E-state index in [0.717, 1.165) is 12.5 Å². The second-order valence-corrected chi connectivity index (χ2v) is 4.99. The van der Waals surface area contributed by atoms with Crippen LogP contribution in [0.4, 0.5) is 19.0 Å². The second-order valence-electron chi connectivity index (χ2n) is 4.99. The Hall–Kier alpha value is -1.30. The number of anilines is 1. The molecule has 108 valence electrons. The number of hydrogen-bond donors (Lipinski definition) is 1. The summed E-state index contributed by atoms with van der Waals surface area (Å²) in [6, 6.07) is 2.37. The van der Waals surface area contributed by atoms with Crippen LogP contribution in [-0.4, -0.2) is 18.6 Å². The fourth-order valence-electron chi connectivity index (χ4n) is 1.68. The molecule has 0 unspecified atom stereocenters. The number of alkyl halides is 3. The molecule has 1 rings (SSSR count). The lowest BCUT2D eigenvalue weighted by molar-refractivity contribution is -0.141. The highest BCUT2D eigenvalue weighted by atomic mass is 19.4. The second kappa shape index (κ2) is 6.23. The Kier molecular flexibility index (Phi) is 5.17. The van der Waals surface area contributed by atoms with Gasteiger partial charge in [-0.1, -0.05) is 19.9 Å². The summed E-state index contributed by atoms with van der Waals surface area (Å²) in [5, 5.41) is 0. The van der Waals surface area contributed by atoms with E-state index in [9.17, 15) is 13.2 Å². The van der Waals surface area contributed by atoms with Gasteiger partial charge in [-0.25, -0.2) is 4.98 Å². The van der Waals surface area contributed by atoms with Crippen molar-refractivity contribution in [1.29, 1.82) is 0 Å². The molecule has 0 atom stereocenters. The molecular formula is C13H20F3N3. The zero-order valence-electron chi connectivity index (χ0n) is 11.5. The largest absolute Gasteiger partial charge is 0.433 e. The van der Waals surface area contributed by atoms with Crippen LogP contribution in [0.3, 0.4) is 0 Å². The molecule has 0 aliphatic carbocycles. The van der Waals surface area contributed by atoms with Crippen LogP contribution in [-0.2, 0) is 12.7 Å². The van der Waals surface area contributed by atoms with Gasteiger partial charge in [0.15, 0.2) is 0 Å². The highest BCUT2D eigenvalue weighted by Crippen LogP contribution is 2.30. The number of pyridine rings is 1. The van der Waals surface area contributed by atoms with Crippen LogP contribution in [0.2, 0.25) is 0 Å². The van der Waals surface area contributed by atoms with Crippen molar-refractivity contribution < 1.29 is 13.2 Å². The first-order chi connectivity index (χ1) is 8.75. The van der Waals surface area contributed by atoms with E-state index in [1.54, 1.807) is 11.9 Å². The van der Waals surface area contributed by atoms with E-state index >= 15 is 0 Å². The summed E-state index contributed by atoms with van der Waals surface area (Å²) >= 11 is 0. The van der Waals surface area contributed by atoms with Crippen LogP contribution in [0.25, 0.3) is 0 Å². The standard InChI is InChI=1S/C13H20F3N3/c1-9(2)6-7-19(3)12-10(8-17)4-5-11(18-12)13(14,15)16/h4-5,9H,6-8,17H2,1-3H3. The molecule has 0 bridgehead atoms. The average Bonchev–Trinajstić information content (AvgIpc) is 2.33. The van der Waals surface area contributed by atoms with E-state index in [2.05, 4.69) is 18.8 Å². The first kappa shape index (κ1) is 15.8. The van der Waals surface area contributed by atoms with Crippen LogP contribution in [0.15, 0.2) is 12.1 Å². The molecule has 1 aromatic rings. The van der Waals surface area contributed by atoms with Crippen molar-refractivity contribution in [3.8, 4) is 0 Å². The summed E-state index contributed by atoms with van der Waals surface area (Å²) < 4.78 is 38.0. The van der Waals surface area contributed by atoms with Crippen molar-refractivity contribution in [2.75, 3.05) is 18.5 Å². The van der Waals surface area contributed by atoms with Crippen LogP contribution in [0.1, 0.15) is 31.5 Å². The molecule has 0 saturated carbocycles. The summed E-state index contributed by atoms with van der Waals surface area (Å²) in [5.74, 6) is 0.799.